The summed E-state index contributed by atoms with van der Waals surface area (Å²) in [5.41, 5.74) is 4.31. The maximum Gasteiger partial charge on any atom is 0.255 e. The Kier molecular flexibility index (Phi) is 6.47. The van der Waals surface area contributed by atoms with Gasteiger partial charge in [0.2, 0.25) is 5.91 Å². The first-order valence-corrected chi connectivity index (χ1v) is 11.9. The molecule has 0 saturated carbocycles. The molecule has 1 fully saturated rings. The van der Waals surface area contributed by atoms with Crippen molar-refractivity contribution in [3.05, 3.63) is 89.5 Å². The number of hydrogen-bond acceptors (Lipinski definition) is 4. The summed E-state index contributed by atoms with van der Waals surface area (Å²) in [4.78, 5) is 27.3. The van der Waals surface area contributed by atoms with Crippen LogP contribution in [0.25, 0.3) is 0 Å². The van der Waals surface area contributed by atoms with Crippen LogP contribution in [0.1, 0.15) is 47.6 Å². The minimum atomic E-state index is -0.159. The van der Waals surface area contributed by atoms with Crippen LogP contribution in [0.3, 0.4) is 0 Å². The second-order valence-electron chi connectivity index (χ2n) is 9.03. The number of rotatable bonds is 5. The lowest BCUT2D eigenvalue weighted by Gasteiger charge is -2.25. The lowest BCUT2D eigenvalue weighted by atomic mass is 9.87. The Balaban J connectivity index is 1.53. The topological polar surface area (TPSA) is 58.6 Å². The number of nitrogens with zero attached hydrogens (tertiary/aromatic N) is 1. The second-order valence-corrected chi connectivity index (χ2v) is 10.1. The second kappa shape index (κ2) is 9.32. The van der Waals surface area contributed by atoms with Crippen molar-refractivity contribution < 1.29 is 14.3 Å². The van der Waals surface area contributed by atoms with E-state index in [4.69, 9.17) is 4.74 Å². The van der Waals surface area contributed by atoms with Crippen LogP contribution < -0.4 is 15.0 Å². The van der Waals surface area contributed by atoms with Gasteiger partial charge in [-0.3, -0.25) is 14.5 Å². The van der Waals surface area contributed by atoms with E-state index in [1.54, 1.807) is 23.8 Å². The Morgan fingerprint density at radius 2 is 1.73 bits per heavy atom. The van der Waals surface area contributed by atoms with Crippen molar-refractivity contribution >= 4 is 35.0 Å². The lowest BCUT2D eigenvalue weighted by molar-refractivity contribution is -0.115. The first kappa shape index (κ1) is 22.9. The number of thioether (sulfide) groups is 1. The van der Waals surface area contributed by atoms with Crippen molar-refractivity contribution in [2.75, 3.05) is 23.1 Å². The largest absolute Gasteiger partial charge is 0.497 e. The van der Waals surface area contributed by atoms with Crippen LogP contribution in [-0.2, 0) is 10.2 Å². The quantitative estimate of drug-likeness (QED) is 0.506. The highest BCUT2D eigenvalue weighted by Gasteiger charge is 2.34. The highest BCUT2D eigenvalue weighted by atomic mass is 32.2. The summed E-state index contributed by atoms with van der Waals surface area (Å²) in [7, 11) is 1.62. The van der Waals surface area contributed by atoms with Gasteiger partial charge in [-0.1, -0.05) is 45.0 Å². The third-order valence-corrected chi connectivity index (χ3v) is 6.87. The molecule has 0 spiro atoms. The fourth-order valence-corrected chi connectivity index (χ4v) is 4.95. The van der Waals surface area contributed by atoms with E-state index in [-0.39, 0.29) is 22.6 Å². The molecule has 1 saturated heterocycles. The minimum absolute atomic E-state index is 0.0372. The molecule has 3 aromatic rings. The van der Waals surface area contributed by atoms with Crippen LogP contribution in [0.2, 0.25) is 0 Å². The van der Waals surface area contributed by atoms with E-state index >= 15 is 0 Å². The van der Waals surface area contributed by atoms with Crippen LogP contribution >= 0.6 is 11.8 Å². The fourth-order valence-electron chi connectivity index (χ4n) is 3.79. The van der Waals surface area contributed by atoms with Crippen molar-refractivity contribution in [2.45, 2.75) is 31.6 Å². The van der Waals surface area contributed by atoms with Gasteiger partial charge in [0, 0.05) is 16.9 Å². The zero-order chi connectivity index (χ0) is 23.6. The van der Waals surface area contributed by atoms with Gasteiger partial charge in [-0.05, 0) is 65.1 Å². The molecule has 1 aliphatic rings. The van der Waals surface area contributed by atoms with Gasteiger partial charge in [-0.2, -0.15) is 0 Å². The molecule has 170 valence electrons. The Bertz CT molecular complexity index is 1150. The molecule has 6 heteroatoms. The monoisotopic (exact) mass is 460 g/mol. The molecule has 2 amide bonds. The number of methoxy groups -OCH3 is 1. The van der Waals surface area contributed by atoms with E-state index in [2.05, 4.69) is 26.1 Å². The molecule has 3 aromatic carbocycles. The Morgan fingerprint density at radius 1 is 1.03 bits per heavy atom. The van der Waals surface area contributed by atoms with Crippen LogP contribution in [0.5, 0.6) is 5.75 Å². The molecule has 0 aliphatic carbocycles. The predicted molar refractivity (Wildman–Crippen MR) is 135 cm³/mol. The Hall–Kier alpha value is -3.25. The van der Waals surface area contributed by atoms with E-state index in [9.17, 15) is 9.59 Å². The van der Waals surface area contributed by atoms with Gasteiger partial charge in [-0.15, -0.1) is 11.8 Å². The molecule has 1 atom stereocenters. The van der Waals surface area contributed by atoms with E-state index in [0.717, 1.165) is 17.0 Å². The molecule has 1 N–H and O–H groups in total. The molecule has 33 heavy (non-hydrogen) atoms. The third-order valence-electron chi connectivity index (χ3n) is 5.66. The first-order chi connectivity index (χ1) is 15.8. The normalized spacial score (nSPS) is 16.1. The lowest BCUT2D eigenvalue weighted by Crippen LogP contribution is -2.27. The number of hydrogen-bond donors (Lipinski definition) is 1. The fraction of sp³-hybridized carbons (Fsp3) is 0.259. The van der Waals surface area contributed by atoms with Crippen molar-refractivity contribution in [2.24, 2.45) is 0 Å². The standard InChI is InChI=1S/C27H28N2O3S/c1-27(2,3)20-10-8-18(9-11-20)25(31)28-21-7-5-6-19(16-21)26-29(24(30)17-33-26)22-12-14-23(32-4)15-13-22/h5-16,26H,17H2,1-4H3,(H,28,31)/t26-/m0/s1. The number of ether oxygens (including phenoxy) is 1. The van der Waals surface area contributed by atoms with Crippen molar-refractivity contribution in [3.63, 3.8) is 0 Å². The van der Waals surface area contributed by atoms with Gasteiger partial charge in [0.1, 0.15) is 11.1 Å². The first-order valence-electron chi connectivity index (χ1n) is 10.9. The van der Waals surface area contributed by atoms with Crippen LogP contribution in [-0.4, -0.2) is 24.7 Å². The molecule has 0 unspecified atom stereocenters. The minimum Gasteiger partial charge on any atom is -0.497 e. The summed E-state index contributed by atoms with van der Waals surface area (Å²) in [6, 6.07) is 22.9. The van der Waals surface area contributed by atoms with Crippen LogP contribution in [0, 0.1) is 0 Å². The zero-order valence-electron chi connectivity index (χ0n) is 19.3. The summed E-state index contributed by atoms with van der Waals surface area (Å²) in [6.07, 6.45) is 0. The molecule has 1 aliphatic heterocycles. The van der Waals surface area contributed by atoms with Crippen LogP contribution in [0.4, 0.5) is 11.4 Å². The molecule has 0 aromatic heterocycles. The van der Waals surface area contributed by atoms with Gasteiger partial charge in [0.05, 0.1) is 12.9 Å². The number of amides is 2. The van der Waals surface area contributed by atoms with Crippen molar-refractivity contribution in [1.29, 1.82) is 0 Å². The summed E-state index contributed by atoms with van der Waals surface area (Å²) in [5.74, 6) is 1.06. The predicted octanol–water partition coefficient (Wildman–Crippen LogP) is 6.02. The van der Waals surface area contributed by atoms with Crippen molar-refractivity contribution in [1.82, 2.24) is 0 Å². The molecule has 0 bridgehead atoms. The number of benzene rings is 3. The van der Waals surface area contributed by atoms with Gasteiger partial charge in [0.25, 0.3) is 5.91 Å². The number of nitrogens with one attached hydrogen (secondary N) is 1. The zero-order valence-corrected chi connectivity index (χ0v) is 20.1. The molecule has 5 nitrogen and oxygen atoms in total. The average Bonchev–Trinajstić information content (AvgIpc) is 3.20. The summed E-state index contributed by atoms with van der Waals surface area (Å²) >= 11 is 1.58. The number of anilines is 2. The summed E-state index contributed by atoms with van der Waals surface area (Å²) in [6.45, 7) is 6.44. The highest BCUT2D eigenvalue weighted by molar-refractivity contribution is 8.00. The molecule has 4 rings (SSSR count). The van der Waals surface area contributed by atoms with E-state index in [1.807, 2.05) is 72.8 Å². The molecular formula is C27H28N2O3S. The van der Waals surface area contributed by atoms with Gasteiger partial charge in [0.15, 0.2) is 0 Å². The maximum absolute atomic E-state index is 12.8. The third kappa shape index (κ3) is 5.06. The number of carbonyl (C=O) groups is 2. The van der Waals surface area contributed by atoms with Gasteiger partial charge >= 0.3 is 0 Å². The molecular weight excluding hydrogens is 432 g/mol. The average molecular weight is 461 g/mol. The van der Waals surface area contributed by atoms with E-state index in [0.29, 0.717) is 17.0 Å². The summed E-state index contributed by atoms with van der Waals surface area (Å²) < 4.78 is 5.23. The van der Waals surface area contributed by atoms with Gasteiger partial charge in [-0.25, -0.2) is 0 Å². The maximum atomic E-state index is 12.8. The van der Waals surface area contributed by atoms with E-state index < -0.39 is 0 Å². The highest BCUT2D eigenvalue weighted by Crippen LogP contribution is 2.42. The van der Waals surface area contributed by atoms with E-state index in [1.165, 1.54) is 5.56 Å². The van der Waals surface area contributed by atoms with Crippen LogP contribution in [0.15, 0.2) is 72.8 Å². The summed E-state index contributed by atoms with van der Waals surface area (Å²) in [5, 5.41) is 2.83. The SMILES string of the molecule is COc1ccc(N2C(=O)CS[C@H]2c2cccc(NC(=O)c3ccc(C(C)(C)C)cc3)c2)cc1. The molecule has 0 radical (unpaired) electrons. The van der Waals surface area contributed by atoms with Crippen molar-refractivity contribution in [3.8, 4) is 5.75 Å². The van der Waals surface area contributed by atoms with Gasteiger partial charge < -0.3 is 10.1 Å². The number of carbonyl (C=O) groups excluding carboxylic acids is 2. The Labute approximate surface area is 199 Å². The smallest absolute Gasteiger partial charge is 0.255 e. The Morgan fingerprint density at radius 3 is 2.36 bits per heavy atom. The molecule has 1 heterocycles.